The molecule has 0 fully saturated rings. The zero-order chi connectivity index (χ0) is 22.4. The van der Waals surface area contributed by atoms with Crippen LogP contribution in [0.5, 0.6) is 0 Å². The van der Waals surface area contributed by atoms with Crippen LogP contribution in [-0.4, -0.2) is 22.7 Å². The number of halogens is 1. The highest BCUT2D eigenvalue weighted by Crippen LogP contribution is 2.28. The first-order valence-electron chi connectivity index (χ1n) is 9.46. The quantitative estimate of drug-likeness (QED) is 0.482. The summed E-state index contributed by atoms with van der Waals surface area (Å²) in [4.78, 5) is 39.8. The average Bonchev–Trinajstić information content (AvgIpc) is 3.16. The zero-order valence-corrected chi connectivity index (χ0v) is 18.5. The first-order valence-corrected chi connectivity index (χ1v) is 10.7. The van der Waals surface area contributed by atoms with Crippen molar-refractivity contribution in [1.29, 1.82) is 0 Å². The third kappa shape index (κ3) is 6.37. The van der Waals surface area contributed by atoms with E-state index in [0.717, 1.165) is 5.56 Å². The highest BCUT2D eigenvalue weighted by molar-refractivity contribution is 7.14. The number of benzene rings is 2. The van der Waals surface area contributed by atoms with E-state index in [1.54, 1.807) is 36.4 Å². The summed E-state index contributed by atoms with van der Waals surface area (Å²) in [5, 5.41) is 11.0. The minimum Gasteiger partial charge on any atom is -0.349 e. The number of nitrogens with zero attached hydrogens (tertiary/aromatic N) is 1. The van der Waals surface area contributed by atoms with Gasteiger partial charge in [0.05, 0.1) is 18.2 Å². The molecule has 9 heteroatoms. The number of carbonyl (C=O) groups is 3. The van der Waals surface area contributed by atoms with Crippen molar-refractivity contribution in [1.82, 2.24) is 10.3 Å². The monoisotopic (exact) mass is 456 g/mol. The normalized spacial score (nSPS) is 11.5. The van der Waals surface area contributed by atoms with Crippen LogP contribution in [0.1, 0.15) is 31.9 Å². The molecule has 1 aromatic heterocycles. The van der Waals surface area contributed by atoms with Crippen LogP contribution in [0, 0.1) is 0 Å². The molecule has 2 aromatic carbocycles. The summed E-state index contributed by atoms with van der Waals surface area (Å²) in [6, 6.07) is 13.8. The summed E-state index contributed by atoms with van der Waals surface area (Å²) in [5.41, 5.74) is 2.94. The molecule has 0 aliphatic rings. The van der Waals surface area contributed by atoms with Crippen molar-refractivity contribution in [3.8, 4) is 11.3 Å². The Morgan fingerprint density at radius 3 is 2.35 bits per heavy atom. The fraction of sp³-hybridized carbons (Fsp3) is 0.182. The number of carbonyl (C=O) groups excluding carboxylic acids is 3. The van der Waals surface area contributed by atoms with Gasteiger partial charge in [-0.3, -0.25) is 14.4 Å². The highest BCUT2D eigenvalue weighted by Gasteiger charge is 2.20. The van der Waals surface area contributed by atoms with Gasteiger partial charge in [0.1, 0.15) is 0 Å². The van der Waals surface area contributed by atoms with Crippen LogP contribution >= 0.6 is 22.9 Å². The molecule has 31 heavy (non-hydrogen) atoms. The molecule has 0 saturated heterocycles. The molecule has 7 nitrogen and oxygen atoms in total. The summed E-state index contributed by atoms with van der Waals surface area (Å²) >= 11 is 7.54. The van der Waals surface area contributed by atoms with Gasteiger partial charge < -0.3 is 16.0 Å². The average molecular weight is 457 g/mol. The van der Waals surface area contributed by atoms with Gasteiger partial charge in [-0.25, -0.2) is 4.98 Å². The number of hydrogen-bond donors (Lipinski definition) is 3. The number of hydrogen-bond acceptors (Lipinski definition) is 5. The predicted molar refractivity (Wildman–Crippen MR) is 123 cm³/mol. The molecule has 0 bridgehead atoms. The van der Waals surface area contributed by atoms with Gasteiger partial charge in [0.15, 0.2) is 5.13 Å². The van der Waals surface area contributed by atoms with Crippen molar-refractivity contribution >= 4 is 51.5 Å². The van der Waals surface area contributed by atoms with E-state index in [-0.39, 0.29) is 24.1 Å². The lowest BCUT2D eigenvalue weighted by atomic mass is 10.0. The molecule has 3 amide bonds. The third-order valence-corrected chi connectivity index (χ3v) is 5.40. The molecule has 160 valence electrons. The predicted octanol–water partition coefficient (Wildman–Crippen LogP) is 4.63. The minimum atomic E-state index is -0.549. The van der Waals surface area contributed by atoms with E-state index in [2.05, 4.69) is 20.9 Å². The maximum atomic E-state index is 12.6. The van der Waals surface area contributed by atoms with Crippen molar-refractivity contribution in [3.63, 3.8) is 0 Å². The smallest absolute Gasteiger partial charge is 0.228 e. The van der Waals surface area contributed by atoms with E-state index in [0.29, 0.717) is 27.1 Å². The highest BCUT2D eigenvalue weighted by atomic mass is 35.5. The number of amides is 3. The summed E-state index contributed by atoms with van der Waals surface area (Å²) in [6.45, 7) is 2.84. The number of rotatable bonds is 7. The first kappa shape index (κ1) is 22.5. The second-order valence-corrected chi connectivity index (χ2v) is 8.09. The molecule has 3 rings (SSSR count). The molecular formula is C22H21ClN4O3S. The summed E-state index contributed by atoms with van der Waals surface area (Å²) < 4.78 is 0. The maximum Gasteiger partial charge on any atom is 0.228 e. The van der Waals surface area contributed by atoms with Gasteiger partial charge in [-0.15, -0.1) is 11.3 Å². The van der Waals surface area contributed by atoms with Gasteiger partial charge in [0.25, 0.3) is 0 Å². The second-order valence-electron chi connectivity index (χ2n) is 6.82. The topological polar surface area (TPSA) is 100 Å². The van der Waals surface area contributed by atoms with Crippen LogP contribution in [0.25, 0.3) is 11.3 Å². The minimum absolute atomic E-state index is 0.0175. The molecule has 3 aromatic rings. The molecule has 1 heterocycles. The fourth-order valence-corrected chi connectivity index (χ4v) is 3.99. The van der Waals surface area contributed by atoms with Crippen LogP contribution in [0.3, 0.4) is 0 Å². The Labute approximate surface area is 188 Å². The molecular weight excluding hydrogens is 436 g/mol. The SMILES string of the molecule is CC(=O)Nc1ccc(-c2csc(NC(=O)C[C@H](NC(C)=O)c3ccccc3Cl)n2)cc1. The van der Waals surface area contributed by atoms with Crippen LogP contribution in [0.15, 0.2) is 53.9 Å². The first-order chi connectivity index (χ1) is 14.8. The Morgan fingerprint density at radius 2 is 1.71 bits per heavy atom. The molecule has 0 spiro atoms. The van der Waals surface area contributed by atoms with Crippen molar-refractivity contribution in [3.05, 3.63) is 64.5 Å². The summed E-state index contributed by atoms with van der Waals surface area (Å²) in [7, 11) is 0. The largest absolute Gasteiger partial charge is 0.349 e. The molecule has 0 unspecified atom stereocenters. The number of anilines is 2. The Hall–Kier alpha value is -3.23. The zero-order valence-electron chi connectivity index (χ0n) is 16.9. The van der Waals surface area contributed by atoms with Crippen LogP contribution in [-0.2, 0) is 14.4 Å². The van der Waals surface area contributed by atoms with Gasteiger partial charge >= 0.3 is 0 Å². The van der Waals surface area contributed by atoms with E-state index in [4.69, 9.17) is 11.6 Å². The Kier molecular flexibility index (Phi) is 7.38. The van der Waals surface area contributed by atoms with Crippen LogP contribution in [0.2, 0.25) is 5.02 Å². The number of aromatic nitrogens is 1. The van der Waals surface area contributed by atoms with Crippen molar-refractivity contribution in [2.75, 3.05) is 10.6 Å². The van der Waals surface area contributed by atoms with Gasteiger partial charge in [0.2, 0.25) is 17.7 Å². The molecule has 0 radical (unpaired) electrons. The van der Waals surface area contributed by atoms with E-state index >= 15 is 0 Å². The second kappa shape index (κ2) is 10.2. The molecule has 0 aliphatic heterocycles. The standard InChI is InChI=1S/C22H21ClN4O3S/c1-13(28)24-16-9-7-15(8-10-16)20-12-31-22(26-20)27-21(30)11-19(25-14(2)29)17-5-3-4-6-18(17)23/h3-10,12,19H,11H2,1-2H3,(H,24,28)(H,25,29)(H,26,27,30)/t19-/m0/s1. The Bertz CT molecular complexity index is 1100. The maximum absolute atomic E-state index is 12.6. The van der Waals surface area contributed by atoms with Gasteiger partial charge in [0, 0.05) is 35.5 Å². The molecule has 0 aliphatic carbocycles. The summed E-state index contributed by atoms with van der Waals surface area (Å²) in [5.74, 6) is -0.682. The molecule has 1 atom stereocenters. The van der Waals surface area contributed by atoms with E-state index in [9.17, 15) is 14.4 Å². The fourth-order valence-electron chi connectivity index (χ4n) is 2.99. The molecule has 0 saturated carbocycles. The number of thiazole rings is 1. The molecule has 3 N–H and O–H groups in total. The van der Waals surface area contributed by atoms with E-state index in [1.807, 2.05) is 17.5 Å². The van der Waals surface area contributed by atoms with Crippen LogP contribution in [0.4, 0.5) is 10.8 Å². The lowest BCUT2D eigenvalue weighted by Crippen LogP contribution is -2.30. The van der Waals surface area contributed by atoms with Gasteiger partial charge in [-0.2, -0.15) is 0 Å². The Balaban J connectivity index is 1.67. The van der Waals surface area contributed by atoms with E-state index < -0.39 is 6.04 Å². The lowest BCUT2D eigenvalue weighted by molar-refractivity contribution is -0.120. The van der Waals surface area contributed by atoms with Crippen molar-refractivity contribution in [2.45, 2.75) is 26.3 Å². The third-order valence-electron chi connectivity index (χ3n) is 4.30. The summed E-state index contributed by atoms with van der Waals surface area (Å²) in [6.07, 6.45) is 0.0175. The van der Waals surface area contributed by atoms with E-state index in [1.165, 1.54) is 25.2 Å². The lowest BCUT2D eigenvalue weighted by Gasteiger charge is -2.18. The van der Waals surface area contributed by atoms with Crippen molar-refractivity contribution < 1.29 is 14.4 Å². The number of nitrogens with one attached hydrogen (secondary N) is 3. The van der Waals surface area contributed by atoms with Crippen LogP contribution < -0.4 is 16.0 Å². The van der Waals surface area contributed by atoms with Gasteiger partial charge in [-0.1, -0.05) is 41.9 Å². The van der Waals surface area contributed by atoms with Gasteiger partial charge in [-0.05, 0) is 23.8 Å². The van der Waals surface area contributed by atoms with Crippen molar-refractivity contribution in [2.24, 2.45) is 0 Å². The Morgan fingerprint density at radius 1 is 1.00 bits per heavy atom.